The molecule has 1 heterocycles. The third-order valence-corrected chi connectivity index (χ3v) is 4.17. The minimum atomic E-state index is -0.312. The van der Waals surface area contributed by atoms with Gasteiger partial charge in [-0.25, -0.2) is 0 Å². The number of hydrogen-bond acceptors (Lipinski definition) is 5. The Hall–Kier alpha value is -3.15. The summed E-state index contributed by atoms with van der Waals surface area (Å²) in [5, 5.41) is 3.92. The van der Waals surface area contributed by atoms with Gasteiger partial charge in [0, 0.05) is 17.5 Å². The summed E-state index contributed by atoms with van der Waals surface area (Å²) in [6, 6.07) is 12.5. The maximum absolute atomic E-state index is 12.8. The van der Waals surface area contributed by atoms with Crippen LogP contribution in [-0.4, -0.2) is 27.2 Å². The molecule has 0 aliphatic heterocycles. The lowest BCUT2D eigenvalue weighted by atomic mass is 10.1. The lowest BCUT2D eigenvalue weighted by molar-refractivity contribution is 0.0932. The minimum absolute atomic E-state index is 0.296. The first kappa shape index (κ1) is 17.7. The predicted molar refractivity (Wildman–Crippen MR) is 98.2 cm³/mol. The van der Waals surface area contributed by atoms with E-state index in [1.165, 1.54) is 21.3 Å². The molecule has 0 aliphatic rings. The fourth-order valence-electron chi connectivity index (χ4n) is 2.77. The Morgan fingerprint density at radius 1 is 0.962 bits per heavy atom. The van der Waals surface area contributed by atoms with Crippen LogP contribution in [-0.2, 0) is 0 Å². The van der Waals surface area contributed by atoms with Gasteiger partial charge in [-0.05, 0) is 19.1 Å². The van der Waals surface area contributed by atoms with Crippen LogP contribution in [0.4, 0.5) is 0 Å². The number of para-hydroxylation sites is 1. The van der Waals surface area contributed by atoms with E-state index in [0.717, 1.165) is 11.0 Å². The Morgan fingerprint density at radius 3 is 2.27 bits per heavy atom. The van der Waals surface area contributed by atoms with Gasteiger partial charge in [0.05, 0.1) is 32.9 Å². The van der Waals surface area contributed by atoms with E-state index in [1.807, 2.05) is 37.3 Å². The molecule has 3 rings (SSSR count). The molecule has 3 aromatic rings. The molecule has 136 valence electrons. The number of carbonyl (C=O) groups is 1. The van der Waals surface area contributed by atoms with Crippen LogP contribution in [0.15, 0.2) is 46.9 Å². The van der Waals surface area contributed by atoms with Crippen LogP contribution >= 0.6 is 0 Å². The number of furan rings is 1. The lowest BCUT2D eigenvalue weighted by Gasteiger charge is -2.16. The normalized spacial score (nSPS) is 11.8. The molecule has 1 amide bonds. The number of rotatable bonds is 6. The second kappa shape index (κ2) is 7.39. The molecular weight excluding hydrogens is 334 g/mol. The summed E-state index contributed by atoms with van der Waals surface area (Å²) in [6.45, 7) is 1.86. The van der Waals surface area contributed by atoms with Crippen molar-refractivity contribution in [3.8, 4) is 17.2 Å². The van der Waals surface area contributed by atoms with Crippen molar-refractivity contribution >= 4 is 16.9 Å². The lowest BCUT2D eigenvalue weighted by Crippen LogP contribution is -2.26. The van der Waals surface area contributed by atoms with Crippen molar-refractivity contribution in [1.29, 1.82) is 0 Å². The van der Waals surface area contributed by atoms with Gasteiger partial charge < -0.3 is 23.9 Å². The molecular formula is C20H21NO5. The van der Waals surface area contributed by atoms with Crippen LogP contribution in [0.3, 0.4) is 0 Å². The zero-order valence-electron chi connectivity index (χ0n) is 15.2. The molecule has 6 nitrogen and oxygen atoms in total. The van der Waals surface area contributed by atoms with E-state index in [-0.39, 0.29) is 11.9 Å². The van der Waals surface area contributed by atoms with E-state index in [2.05, 4.69) is 5.32 Å². The molecule has 0 unspecified atom stereocenters. The van der Waals surface area contributed by atoms with Gasteiger partial charge in [0.2, 0.25) is 0 Å². The highest BCUT2D eigenvalue weighted by Crippen LogP contribution is 2.35. The van der Waals surface area contributed by atoms with Crippen LogP contribution in [0.25, 0.3) is 11.0 Å². The Labute approximate surface area is 151 Å². The van der Waals surface area contributed by atoms with E-state index in [0.29, 0.717) is 28.6 Å². The minimum Gasteiger partial charge on any atom is -0.496 e. The highest BCUT2D eigenvalue weighted by atomic mass is 16.5. The predicted octanol–water partition coefficient (Wildman–Crippen LogP) is 3.95. The summed E-state index contributed by atoms with van der Waals surface area (Å²) in [4.78, 5) is 12.8. The molecule has 0 saturated heterocycles. The molecule has 2 aromatic carbocycles. The maximum atomic E-state index is 12.8. The van der Waals surface area contributed by atoms with Gasteiger partial charge in [0.1, 0.15) is 17.1 Å². The number of fused-ring (bicyclic) bond motifs is 1. The number of carbonyl (C=O) groups excluding carboxylic acids is 1. The summed E-state index contributed by atoms with van der Waals surface area (Å²) < 4.78 is 21.7. The van der Waals surface area contributed by atoms with Crippen LogP contribution in [0, 0.1) is 0 Å². The van der Waals surface area contributed by atoms with E-state index in [1.54, 1.807) is 12.1 Å². The van der Waals surface area contributed by atoms with Crippen molar-refractivity contribution < 1.29 is 23.4 Å². The Kier molecular flexibility index (Phi) is 5.02. The van der Waals surface area contributed by atoms with Crippen molar-refractivity contribution in [1.82, 2.24) is 5.32 Å². The monoisotopic (exact) mass is 355 g/mol. The van der Waals surface area contributed by atoms with Crippen LogP contribution in [0.2, 0.25) is 0 Å². The first-order valence-corrected chi connectivity index (χ1v) is 8.16. The van der Waals surface area contributed by atoms with Gasteiger partial charge >= 0.3 is 0 Å². The SMILES string of the molecule is COc1cc(OC)c(C(=O)N[C@@H](C)c2cc3ccccc3o2)cc1OC. The van der Waals surface area contributed by atoms with Crippen LogP contribution in [0.5, 0.6) is 17.2 Å². The number of amides is 1. The molecule has 1 N–H and O–H groups in total. The molecule has 0 aliphatic carbocycles. The summed E-state index contributed by atoms with van der Waals surface area (Å²) >= 11 is 0. The molecule has 26 heavy (non-hydrogen) atoms. The van der Waals surface area contributed by atoms with Crippen molar-refractivity contribution in [2.45, 2.75) is 13.0 Å². The summed E-state index contributed by atoms with van der Waals surface area (Å²) in [6.07, 6.45) is 0. The van der Waals surface area contributed by atoms with Gasteiger partial charge in [-0.3, -0.25) is 4.79 Å². The van der Waals surface area contributed by atoms with Gasteiger partial charge in [-0.1, -0.05) is 18.2 Å². The number of nitrogens with one attached hydrogen (secondary N) is 1. The fraction of sp³-hybridized carbons (Fsp3) is 0.250. The highest BCUT2D eigenvalue weighted by Gasteiger charge is 2.21. The zero-order chi connectivity index (χ0) is 18.7. The van der Waals surface area contributed by atoms with E-state index >= 15 is 0 Å². The number of methoxy groups -OCH3 is 3. The second-order valence-corrected chi connectivity index (χ2v) is 5.79. The molecule has 0 spiro atoms. The van der Waals surface area contributed by atoms with E-state index in [9.17, 15) is 4.79 Å². The zero-order valence-corrected chi connectivity index (χ0v) is 15.2. The number of benzene rings is 2. The third kappa shape index (κ3) is 3.31. The largest absolute Gasteiger partial charge is 0.496 e. The molecule has 0 bridgehead atoms. The molecule has 6 heteroatoms. The second-order valence-electron chi connectivity index (χ2n) is 5.79. The van der Waals surface area contributed by atoms with Crippen molar-refractivity contribution in [3.63, 3.8) is 0 Å². The topological polar surface area (TPSA) is 69.9 Å². The van der Waals surface area contributed by atoms with Gasteiger partial charge in [-0.15, -0.1) is 0 Å². The maximum Gasteiger partial charge on any atom is 0.255 e. The Bertz CT molecular complexity index is 898. The highest BCUT2D eigenvalue weighted by molar-refractivity contribution is 5.98. The van der Waals surface area contributed by atoms with E-state index < -0.39 is 0 Å². The average Bonchev–Trinajstić information content (AvgIpc) is 3.11. The first-order valence-electron chi connectivity index (χ1n) is 8.16. The van der Waals surface area contributed by atoms with Gasteiger partial charge in [-0.2, -0.15) is 0 Å². The van der Waals surface area contributed by atoms with Gasteiger partial charge in [0.15, 0.2) is 11.5 Å². The van der Waals surface area contributed by atoms with Crippen molar-refractivity contribution in [2.75, 3.05) is 21.3 Å². The molecule has 0 saturated carbocycles. The fourth-order valence-corrected chi connectivity index (χ4v) is 2.77. The summed E-state index contributed by atoms with van der Waals surface area (Å²) in [7, 11) is 4.55. The number of hydrogen-bond donors (Lipinski definition) is 1. The summed E-state index contributed by atoms with van der Waals surface area (Å²) in [5.74, 6) is 1.73. The molecule has 1 atom stereocenters. The Balaban J connectivity index is 1.86. The molecule has 1 aromatic heterocycles. The van der Waals surface area contributed by atoms with Crippen LogP contribution in [0.1, 0.15) is 29.1 Å². The standard InChI is InChI=1S/C20H21NO5/c1-12(16-9-13-7-5-6-8-15(13)26-16)21-20(22)14-10-18(24-3)19(25-4)11-17(14)23-2/h5-12H,1-4H3,(H,21,22)/t12-/m0/s1. The van der Waals surface area contributed by atoms with Crippen molar-refractivity contribution in [2.24, 2.45) is 0 Å². The van der Waals surface area contributed by atoms with Crippen LogP contribution < -0.4 is 19.5 Å². The number of ether oxygens (including phenoxy) is 3. The first-order chi connectivity index (χ1) is 12.6. The average molecular weight is 355 g/mol. The quantitative estimate of drug-likeness (QED) is 0.725. The molecule has 0 radical (unpaired) electrons. The summed E-state index contributed by atoms with van der Waals surface area (Å²) in [5.41, 5.74) is 1.14. The Morgan fingerprint density at radius 2 is 1.62 bits per heavy atom. The smallest absolute Gasteiger partial charge is 0.255 e. The van der Waals surface area contributed by atoms with Crippen molar-refractivity contribution in [3.05, 3.63) is 53.8 Å². The third-order valence-electron chi connectivity index (χ3n) is 4.17. The van der Waals surface area contributed by atoms with Gasteiger partial charge in [0.25, 0.3) is 5.91 Å². The molecule has 0 fully saturated rings. The van der Waals surface area contributed by atoms with E-state index in [4.69, 9.17) is 18.6 Å².